The van der Waals surface area contributed by atoms with Gasteiger partial charge in [0.15, 0.2) is 0 Å². The topological polar surface area (TPSA) is 0 Å². The first-order valence-corrected chi connectivity index (χ1v) is 23.0. The second-order valence-corrected chi connectivity index (χ2v) is 17.9. The molecule has 66 heavy (non-hydrogen) atoms. The summed E-state index contributed by atoms with van der Waals surface area (Å²) in [7, 11) is 0. The summed E-state index contributed by atoms with van der Waals surface area (Å²) in [5, 5.41) is 22.7. The van der Waals surface area contributed by atoms with E-state index in [0.29, 0.717) is 0 Å². The average Bonchev–Trinajstić information content (AvgIpc) is 3.39. The number of benzene rings is 14. The Morgan fingerprint density at radius 3 is 0.924 bits per heavy atom. The highest BCUT2D eigenvalue weighted by atomic mass is 14.2. The lowest BCUT2D eigenvalue weighted by atomic mass is 9.83. The molecule has 0 nitrogen and oxygen atoms in total. The summed E-state index contributed by atoms with van der Waals surface area (Å²) in [4.78, 5) is 0. The number of fused-ring (bicyclic) bond motifs is 15. The highest BCUT2D eigenvalue weighted by molar-refractivity contribution is 6.40. The maximum absolute atomic E-state index is 2.49. The van der Waals surface area contributed by atoms with Crippen molar-refractivity contribution in [3.8, 4) is 44.5 Å². The molecular formula is C66H40. The summed E-state index contributed by atoms with van der Waals surface area (Å²) in [6, 6.07) is 90.7. The Bertz CT molecular complexity index is 4060. The zero-order chi connectivity index (χ0) is 43.3. The predicted octanol–water partition coefficient (Wildman–Crippen LogP) is 18.7. The van der Waals surface area contributed by atoms with Crippen LogP contribution < -0.4 is 0 Å². The first kappa shape index (κ1) is 36.9. The lowest BCUT2D eigenvalue weighted by Gasteiger charge is -2.20. The van der Waals surface area contributed by atoms with Crippen molar-refractivity contribution < 1.29 is 0 Å². The van der Waals surface area contributed by atoms with E-state index in [1.165, 1.54) is 141 Å². The largest absolute Gasteiger partial charge is 0.0616 e. The fraction of sp³-hybridized carbons (Fsp3) is 0. The van der Waals surface area contributed by atoms with Crippen molar-refractivity contribution in [1.29, 1.82) is 0 Å². The van der Waals surface area contributed by atoms with Crippen LogP contribution in [0.1, 0.15) is 0 Å². The van der Waals surface area contributed by atoms with E-state index in [9.17, 15) is 0 Å². The second-order valence-electron chi connectivity index (χ2n) is 17.9. The molecule has 0 aliphatic rings. The van der Waals surface area contributed by atoms with E-state index < -0.39 is 0 Å². The molecule has 0 unspecified atom stereocenters. The maximum atomic E-state index is 2.49. The van der Waals surface area contributed by atoms with Gasteiger partial charge in [0.05, 0.1) is 0 Å². The Morgan fingerprint density at radius 2 is 0.485 bits per heavy atom. The molecule has 0 heterocycles. The van der Waals surface area contributed by atoms with E-state index in [1.807, 2.05) is 0 Å². The molecule has 304 valence electrons. The average molecular weight is 833 g/mol. The molecule has 0 spiro atoms. The van der Waals surface area contributed by atoms with E-state index in [2.05, 4.69) is 243 Å². The Morgan fingerprint density at radius 1 is 0.167 bits per heavy atom. The number of hydrogen-bond donors (Lipinski definition) is 0. The van der Waals surface area contributed by atoms with Crippen LogP contribution in [0.3, 0.4) is 0 Å². The monoisotopic (exact) mass is 832 g/mol. The third-order valence-corrected chi connectivity index (χ3v) is 14.4. The van der Waals surface area contributed by atoms with Crippen LogP contribution in [-0.2, 0) is 0 Å². The Balaban J connectivity index is 1.08. The van der Waals surface area contributed by atoms with Crippen LogP contribution in [0, 0.1) is 0 Å². The van der Waals surface area contributed by atoms with E-state index >= 15 is 0 Å². The molecule has 0 aliphatic carbocycles. The molecule has 0 aliphatic heterocycles. The summed E-state index contributed by atoms with van der Waals surface area (Å²) >= 11 is 0. The zero-order valence-corrected chi connectivity index (χ0v) is 36.1. The van der Waals surface area contributed by atoms with Crippen LogP contribution >= 0.6 is 0 Å². The summed E-state index contributed by atoms with van der Waals surface area (Å²) in [6.45, 7) is 0. The van der Waals surface area contributed by atoms with Crippen LogP contribution in [-0.4, -0.2) is 0 Å². The Kier molecular flexibility index (Phi) is 8.08. The van der Waals surface area contributed by atoms with Gasteiger partial charge in [0.2, 0.25) is 0 Å². The van der Waals surface area contributed by atoms with Gasteiger partial charge in [0.25, 0.3) is 0 Å². The van der Waals surface area contributed by atoms with E-state index in [0.717, 1.165) is 0 Å². The number of rotatable bonds is 4. The van der Waals surface area contributed by atoms with Crippen molar-refractivity contribution >= 4 is 97.0 Å². The molecule has 0 N–H and O–H groups in total. The van der Waals surface area contributed by atoms with Gasteiger partial charge in [-0.3, -0.25) is 0 Å². The fourth-order valence-corrected chi connectivity index (χ4v) is 11.3. The first-order chi connectivity index (χ1) is 32.7. The number of hydrogen-bond acceptors (Lipinski definition) is 0. The zero-order valence-electron chi connectivity index (χ0n) is 36.1. The molecule has 0 saturated heterocycles. The maximum Gasteiger partial charge on any atom is -0.00137 e. The van der Waals surface area contributed by atoms with Gasteiger partial charge in [-0.15, -0.1) is 0 Å². The van der Waals surface area contributed by atoms with Crippen LogP contribution in [0.2, 0.25) is 0 Å². The summed E-state index contributed by atoms with van der Waals surface area (Å²) in [5.41, 5.74) is 9.87. The normalized spacial score (nSPS) is 11.9. The minimum Gasteiger partial charge on any atom is -0.0616 e. The molecule has 0 aromatic heterocycles. The molecule has 0 saturated carbocycles. The quantitative estimate of drug-likeness (QED) is 0.155. The van der Waals surface area contributed by atoms with Crippen molar-refractivity contribution in [2.75, 3.05) is 0 Å². The van der Waals surface area contributed by atoms with Gasteiger partial charge >= 0.3 is 0 Å². The van der Waals surface area contributed by atoms with Gasteiger partial charge in [0.1, 0.15) is 0 Å². The van der Waals surface area contributed by atoms with Crippen LogP contribution in [0.15, 0.2) is 243 Å². The van der Waals surface area contributed by atoms with Crippen molar-refractivity contribution in [3.63, 3.8) is 0 Å². The smallest absolute Gasteiger partial charge is 0.00137 e. The third kappa shape index (κ3) is 5.59. The fourth-order valence-electron chi connectivity index (χ4n) is 11.3. The molecule has 14 rings (SSSR count). The van der Waals surface area contributed by atoms with Crippen LogP contribution in [0.5, 0.6) is 0 Å². The lowest BCUT2D eigenvalue weighted by molar-refractivity contribution is 1.64. The minimum atomic E-state index is 1.21. The molecule has 14 aromatic rings. The summed E-state index contributed by atoms with van der Waals surface area (Å²) in [6.07, 6.45) is 0. The Labute approximate surface area is 382 Å². The predicted molar refractivity (Wildman–Crippen MR) is 286 cm³/mol. The van der Waals surface area contributed by atoms with Gasteiger partial charge in [0, 0.05) is 0 Å². The SMILES string of the molecule is c1ccc2cc(-c3c(-c4ccc5c6ccccc6c6c7cc(-c8ccc9ccccc9c8-c8ccc9ccccc9c8)ccc7c7ccccc7c6c5c4)ccc4ccccc34)ccc2c1. The summed E-state index contributed by atoms with van der Waals surface area (Å²) in [5.74, 6) is 0. The minimum absolute atomic E-state index is 1.21. The van der Waals surface area contributed by atoms with Crippen LogP contribution in [0.4, 0.5) is 0 Å². The molecule has 0 radical (unpaired) electrons. The first-order valence-electron chi connectivity index (χ1n) is 23.0. The van der Waals surface area contributed by atoms with Crippen LogP contribution in [0.25, 0.3) is 141 Å². The molecule has 0 heteroatoms. The van der Waals surface area contributed by atoms with Gasteiger partial charge in [-0.1, -0.05) is 218 Å². The molecule has 0 fully saturated rings. The molecular weight excluding hydrogens is 793 g/mol. The third-order valence-electron chi connectivity index (χ3n) is 14.4. The highest BCUT2D eigenvalue weighted by Crippen LogP contribution is 2.48. The van der Waals surface area contributed by atoms with Crippen molar-refractivity contribution in [1.82, 2.24) is 0 Å². The molecule has 0 bridgehead atoms. The van der Waals surface area contributed by atoms with E-state index in [-0.39, 0.29) is 0 Å². The second kappa shape index (κ2) is 14.5. The summed E-state index contributed by atoms with van der Waals surface area (Å²) < 4.78 is 0. The van der Waals surface area contributed by atoms with Gasteiger partial charge in [-0.05, 0) is 166 Å². The van der Waals surface area contributed by atoms with Crippen molar-refractivity contribution in [2.24, 2.45) is 0 Å². The highest BCUT2D eigenvalue weighted by Gasteiger charge is 2.20. The van der Waals surface area contributed by atoms with Gasteiger partial charge < -0.3 is 0 Å². The van der Waals surface area contributed by atoms with E-state index in [1.54, 1.807) is 0 Å². The Hall–Kier alpha value is -8.58. The standard InChI is InChI=1S/C66H40/c1-3-17-45-37-49(27-25-41(45)13-1)63-51-19-7-5-15-43(51)29-33-53(63)47-31-35-57-55-21-9-12-24-60(55)66-62-40-48(32-36-58(62)56-22-10-11-23-59(56)65(66)61(57)39-47)54-34-30-44-16-6-8-20-52(44)64(54)50-28-26-42-14-2-4-18-46(42)38-50/h1-40H. The van der Waals surface area contributed by atoms with Crippen molar-refractivity contribution in [2.45, 2.75) is 0 Å². The van der Waals surface area contributed by atoms with Gasteiger partial charge in [-0.2, -0.15) is 0 Å². The van der Waals surface area contributed by atoms with E-state index in [4.69, 9.17) is 0 Å². The molecule has 0 atom stereocenters. The van der Waals surface area contributed by atoms with Gasteiger partial charge in [-0.25, -0.2) is 0 Å². The molecule has 14 aromatic carbocycles. The lowest BCUT2D eigenvalue weighted by Crippen LogP contribution is -1.92. The van der Waals surface area contributed by atoms with Crippen molar-refractivity contribution in [3.05, 3.63) is 243 Å². The molecule has 0 amide bonds.